The average molecular weight is 1130 g/mol. The van der Waals surface area contributed by atoms with Gasteiger partial charge in [-0.05, 0) is 19.3 Å². The molecule has 0 spiro atoms. The Kier molecular flexibility index (Phi) is 58.4. The van der Waals surface area contributed by atoms with E-state index in [2.05, 4.69) is 64.2 Å². The van der Waals surface area contributed by atoms with Crippen LogP contribution in [-0.2, 0) is 23.6 Å². The predicted molar refractivity (Wildman–Crippen MR) is 319 cm³/mol. The van der Waals surface area contributed by atoms with E-state index >= 15 is 0 Å². The second-order valence-corrected chi connectivity index (χ2v) is 29.1. The monoisotopic (exact) mass is 1130 g/mol. The van der Waals surface area contributed by atoms with Crippen molar-refractivity contribution >= 4 is 37.5 Å². The zero-order valence-electron chi connectivity index (χ0n) is 49.4. The summed E-state index contributed by atoms with van der Waals surface area (Å²) in [6.07, 6.45) is 73.1. The summed E-state index contributed by atoms with van der Waals surface area (Å²) in [6.45, 7) is 9.07. The number of carbonyl (C=O) groups excluding carboxylic acids is 3. The Bertz CT molecular complexity index is 1130. The van der Waals surface area contributed by atoms with Gasteiger partial charge in [0, 0.05) is 0 Å². The summed E-state index contributed by atoms with van der Waals surface area (Å²) in [7, 11) is 0. The van der Waals surface area contributed by atoms with Gasteiger partial charge in [-0.1, -0.05) is 117 Å². The number of carbonyl (C=O) groups is 3. The average Bonchev–Trinajstić information content (AvgIpc) is 3.38. The molecule has 0 aromatic heterocycles. The molecule has 0 saturated carbocycles. The van der Waals surface area contributed by atoms with Crippen LogP contribution in [0.2, 0.25) is 4.44 Å². The Morgan fingerprint density at radius 2 is 0.425 bits per heavy atom. The van der Waals surface area contributed by atoms with Crippen molar-refractivity contribution in [1.82, 2.24) is 0 Å². The molecule has 0 heterocycles. The first kappa shape index (κ1) is 71.4. The SMILES string of the molecule is CCCCCCCC/C=C\CCCCCCCC(=O)[O][Sn]([CH2]CCCCCCCCCCC)([O]C(=O)CCCCCCC/C=C\CCCCCCCC)[O]C(=O)CCCCCCC/C=C\CCCCCCCC. The first-order valence-electron chi connectivity index (χ1n) is 32.5. The standard InChI is InChI=1S/3C18H34O2.C12H25.Sn/c3*1-2-3-4-5-6-7-8-9-10-11-12-13-14-15-16-17-18(19)20;1-3-5-7-9-11-12-10-8-6-4-2;/h3*9-10H,2-8,11-17H2,1H3,(H,19,20);1,3-12H2,2H3;/q;;;;+3/p-3/b3*10-9-;;. The van der Waals surface area contributed by atoms with Crippen LogP contribution in [0.1, 0.15) is 362 Å². The Morgan fingerprint density at radius 1 is 0.247 bits per heavy atom. The molecule has 0 aliphatic rings. The fourth-order valence-corrected chi connectivity index (χ4v) is 16.8. The minimum Gasteiger partial charge on any atom is -0.0654 e. The van der Waals surface area contributed by atoms with E-state index in [1.165, 1.54) is 199 Å². The maximum atomic E-state index is 13.7. The van der Waals surface area contributed by atoms with Crippen molar-refractivity contribution in [3.63, 3.8) is 0 Å². The van der Waals surface area contributed by atoms with Gasteiger partial charge in [0.25, 0.3) is 0 Å². The zero-order chi connectivity index (χ0) is 53.1. The van der Waals surface area contributed by atoms with Crippen LogP contribution in [0, 0.1) is 0 Å². The van der Waals surface area contributed by atoms with Crippen molar-refractivity contribution in [2.24, 2.45) is 0 Å². The Hall–Kier alpha value is -1.57. The van der Waals surface area contributed by atoms with Gasteiger partial charge in [-0.25, -0.2) is 0 Å². The second-order valence-electron chi connectivity index (χ2n) is 22.0. The molecular formula is C66H124O6Sn. The molecule has 0 aromatic carbocycles. The normalized spacial score (nSPS) is 12.0. The first-order chi connectivity index (χ1) is 35.9. The van der Waals surface area contributed by atoms with Gasteiger partial charge >= 0.3 is 327 Å². The smallest absolute Gasteiger partial charge is 0.0654 e. The second kappa shape index (κ2) is 59.7. The number of unbranched alkanes of at least 4 members (excludes halogenated alkanes) is 42. The van der Waals surface area contributed by atoms with E-state index in [0.717, 1.165) is 116 Å². The molecule has 0 saturated heterocycles. The van der Waals surface area contributed by atoms with Crippen LogP contribution >= 0.6 is 0 Å². The molecule has 73 heavy (non-hydrogen) atoms. The fourth-order valence-electron chi connectivity index (χ4n) is 9.74. The van der Waals surface area contributed by atoms with Crippen LogP contribution in [-0.4, -0.2) is 37.5 Å². The molecule has 0 unspecified atom stereocenters. The molecule has 0 aliphatic heterocycles. The van der Waals surface area contributed by atoms with Crippen LogP contribution in [0.4, 0.5) is 0 Å². The topological polar surface area (TPSA) is 78.9 Å². The maximum absolute atomic E-state index is 13.7. The zero-order valence-corrected chi connectivity index (χ0v) is 52.2. The van der Waals surface area contributed by atoms with Crippen LogP contribution in [0.5, 0.6) is 0 Å². The third-order valence-electron chi connectivity index (χ3n) is 14.6. The van der Waals surface area contributed by atoms with Crippen LogP contribution in [0.3, 0.4) is 0 Å². The Labute approximate surface area is 460 Å². The van der Waals surface area contributed by atoms with Gasteiger partial charge in [-0.3, -0.25) is 0 Å². The van der Waals surface area contributed by atoms with Gasteiger partial charge in [0.05, 0.1) is 0 Å². The predicted octanol–water partition coefficient (Wildman–Crippen LogP) is 22.6. The van der Waals surface area contributed by atoms with Crippen molar-refractivity contribution in [3.05, 3.63) is 36.5 Å². The van der Waals surface area contributed by atoms with E-state index in [9.17, 15) is 14.4 Å². The summed E-state index contributed by atoms with van der Waals surface area (Å²) in [5, 5.41) is 0. The third-order valence-corrected chi connectivity index (χ3v) is 21.9. The molecule has 0 amide bonds. The third kappa shape index (κ3) is 55.0. The number of hydrogen-bond donors (Lipinski definition) is 0. The van der Waals surface area contributed by atoms with Gasteiger partial charge in [-0.2, -0.15) is 0 Å². The van der Waals surface area contributed by atoms with Gasteiger partial charge in [0.2, 0.25) is 0 Å². The summed E-state index contributed by atoms with van der Waals surface area (Å²) in [5.41, 5.74) is 0. The molecule has 0 radical (unpaired) electrons. The minimum absolute atomic E-state index is 0.270. The van der Waals surface area contributed by atoms with Crippen molar-refractivity contribution in [3.8, 4) is 0 Å². The van der Waals surface area contributed by atoms with Gasteiger partial charge in [0.15, 0.2) is 0 Å². The van der Waals surface area contributed by atoms with Crippen LogP contribution in [0.15, 0.2) is 36.5 Å². The van der Waals surface area contributed by atoms with E-state index in [-0.39, 0.29) is 37.2 Å². The van der Waals surface area contributed by atoms with E-state index in [1.807, 2.05) is 0 Å². The van der Waals surface area contributed by atoms with Crippen molar-refractivity contribution in [2.45, 2.75) is 366 Å². The molecule has 0 atom stereocenters. The van der Waals surface area contributed by atoms with Gasteiger partial charge < -0.3 is 0 Å². The van der Waals surface area contributed by atoms with E-state index in [1.54, 1.807) is 0 Å². The number of hydrogen-bond acceptors (Lipinski definition) is 6. The fraction of sp³-hybridized carbons (Fsp3) is 0.864. The first-order valence-corrected chi connectivity index (χ1v) is 38.0. The molecule has 0 rings (SSSR count). The van der Waals surface area contributed by atoms with Crippen LogP contribution < -0.4 is 0 Å². The number of rotatable bonds is 59. The van der Waals surface area contributed by atoms with Crippen molar-refractivity contribution in [2.75, 3.05) is 0 Å². The molecule has 0 aliphatic carbocycles. The molecule has 0 fully saturated rings. The summed E-state index contributed by atoms with van der Waals surface area (Å²) < 4.78 is 19.3. The van der Waals surface area contributed by atoms with E-state index < -0.39 is 19.6 Å². The number of allylic oxidation sites excluding steroid dienone is 6. The summed E-state index contributed by atoms with van der Waals surface area (Å²) >= 11 is -4.98. The molecular weight excluding hydrogens is 1010 g/mol. The Morgan fingerprint density at radius 3 is 0.644 bits per heavy atom. The molecule has 0 aromatic rings. The molecule has 428 valence electrons. The summed E-state index contributed by atoms with van der Waals surface area (Å²) in [5.74, 6) is -1.07. The Balaban J connectivity index is 5.34. The minimum atomic E-state index is -4.98. The van der Waals surface area contributed by atoms with Crippen LogP contribution in [0.25, 0.3) is 0 Å². The van der Waals surface area contributed by atoms with Crippen molar-refractivity contribution < 1.29 is 23.6 Å². The molecule has 7 heteroatoms. The van der Waals surface area contributed by atoms with Crippen molar-refractivity contribution in [1.29, 1.82) is 0 Å². The van der Waals surface area contributed by atoms with E-state index in [4.69, 9.17) is 9.22 Å². The molecule has 0 N–H and O–H groups in total. The molecule has 6 nitrogen and oxygen atoms in total. The summed E-state index contributed by atoms with van der Waals surface area (Å²) in [6, 6.07) is 0. The molecule has 0 bridgehead atoms. The van der Waals surface area contributed by atoms with Gasteiger partial charge in [-0.15, -0.1) is 0 Å². The quantitative estimate of drug-likeness (QED) is 0.0343. The summed E-state index contributed by atoms with van der Waals surface area (Å²) in [4.78, 5) is 41.0. The van der Waals surface area contributed by atoms with Gasteiger partial charge in [0.1, 0.15) is 0 Å². The van der Waals surface area contributed by atoms with E-state index in [0.29, 0.717) is 4.44 Å².